The molecule has 11 heavy (non-hydrogen) atoms. The molecule has 0 aromatic heterocycles. The number of carbonyl (C=O) groups excluding carboxylic acids is 1. The lowest BCUT2D eigenvalue weighted by Crippen LogP contribution is -2.30. The normalized spacial score (nSPS) is 9.36. The van der Waals surface area contributed by atoms with Gasteiger partial charge in [-0.2, -0.15) is 0 Å². The van der Waals surface area contributed by atoms with Crippen LogP contribution in [0.5, 0.6) is 0 Å². The van der Waals surface area contributed by atoms with E-state index in [-0.39, 0.29) is 5.91 Å². The fraction of sp³-hybridized carbons (Fsp3) is 0.625. The van der Waals surface area contributed by atoms with Gasteiger partial charge in [-0.15, -0.1) is 0 Å². The Morgan fingerprint density at radius 2 is 2.18 bits per heavy atom. The average Bonchev–Trinajstić information content (AvgIpc) is 1.98. The Morgan fingerprint density at radius 1 is 1.64 bits per heavy atom. The number of rotatable bonds is 4. The van der Waals surface area contributed by atoms with Gasteiger partial charge < -0.3 is 0 Å². The molecule has 0 N–H and O–H groups in total. The molecule has 0 fully saturated rings. The second-order valence-electron chi connectivity index (χ2n) is 2.37. The Morgan fingerprint density at radius 3 is 2.45 bits per heavy atom. The molecule has 0 heterocycles. The van der Waals surface area contributed by atoms with E-state index in [9.17, 15) is 4.79 Å². The van der Waals surface area contributed by atoms with E-state index in [1.165, 1.54) is 12.2 Å². The predicted octanol–water partition coefficient (Wildman–Crippen LogP) is 1.36. The minimum Gasteiger partial charge on any atom is -0.274 e. The lowest BCUT2D eigenvalue weighted by Gasteiger charge is -2.18. The van der Waals surface area contributed by atoms with Crippen LogP contribution < -0.4 is 0 Å². The van der Waals surface area contributed by atoms with Crippen molar-refractivity contribution in [2.45, 2.75) is 20.3 Å². The lowest BCUT2D eigenvalue weighted by atomic mass is 10.3. The van der Waals surface area contributed by atoms with Gasteiger partial charge >= 0.3 is 0 Å². The molecule has 0 atom stereocenters. The molecular weight excluding hydrogens is 142 g/mol. The minimum absolute atomic E-state index is 0.144. The maximum Gasteiger partial charge on any atom is 0.272 e. The van der Waals surface area contributed by atoms with Gasteiger partial charge in [0.05, 0.1) is 7.11 Å². The van der Waals surface area contributed by atoms with Crippen LogP contribution in [-0.2, 0) is 9.63 Å². The molecule has 0 saturated carbocycles. The van der Waals surface area contributed by atoms with Gasteiger partial charge in [0, 0.05) is 12.1 Å². The van der Waals surface area contributed by atoms with Gasteiger partial charge in [0.1, 0.15) is 0 Å². The van der Waals surface area contributed by atoms with E-state index in [4.69, 9.17) is 4.84 Å². The molecule has 0 unspecified atom stereocenters. The van der Waals surface area contributed by atoms with E-state index in [2.05, 4.69) is 6.58 Å². The Kier molecular flexibility index (Phi) is 4.54. The molecule has 0 aliphatic rings. The Hall–Kier alpha value is -0.830. The molecule has 0 bridgehead atoms. The van der Waals surface area contributed by atoms with Crippen molar-refractivity contribution in [2.75, 3.05) is 13.7 Å². The highest BCUT2D eigenvalue weighted by Gasteiger charge is 2.11. The fourth-order valence-corrected chi connectivity index (χ4v) is 0.692. The van der Waals surface area contributed by atoms with Crippen molar-refractivity contribution in [3.8, 4) is 0 Å². The highest BCUT2D eigenvalue weighted by atomic mass is 16.7. The first-order valence-corrected chi connectivity index (χ1v) is 3.65. The van der Waals surface area contributed by atoms with Crippen LogP contribution in [0.1, 0.15) is 20.3 Å². The highest BCUT2D eigenvalue weighted by Crippen LogP contribution is 1.99. The van der Waals surface area contributed by atoms with E-state index in [0.717, 1.165) is 6.42 Å². The Bertz CT molecular complexity index is 154. The van der Waals surface area contributed by atoms with E-state index >= 15 is 0 Å². The molecule has 0 spiro atoms. The van der Waals surface area contributed by atoms with Gasteiger partial charge in [-0.25, -0.2) is 5.06 Å². The van der Waals surface area contributed by atoms with Crippen LogP contribution in [0, 0.1) is 0 Å². The summed E-state index contributed by atoms with van der Waals surface area (Å²) < 4.78 is 0. The third-order valence-electron chi connectivity index (χ3n) is 1.24. The fourth-order valence-electron chi connectivity index (χ4n) is 0.692. The van der Waals surface area contributed by atoms with Crippen LogP contribution in [0.4, 0.5) is 0 Å². The summed E-state index contributed by atoms with van der Waals surface area (Å²) >= 11 is 0. The molecule has 0 aromatic carbocycles. The zero-order chi connectivity index (χ0) is 8.85. The first-order chi connectivity index (χ1) is 5.13. The van der Waals surface area contributed by atoms with Crippen LogP contribution in [0.25, 0.3) is 0 Å². The smallest absolute Gasteiger partial charge is 0.272 e. The molecule has 1 amide bonds. The number of hydrogen-bond acceptors (Lipinski definition) is 2. The molecule has 0 aromatic rings. The van der Waals surface area contributed by atoms with Crippen molar-refractivity contribution >= 4 is 5.91 Å². The second kappa shape index (κ2) is 4.91. The van der Waals surface area contributed by atoms with Gasteiger partial charge in [-0.3, -0.25) is 9.63 Å². The van der Waals surface area contributed by atoms with Crippen molar-refractivity contribution in [3.63, 3.8) is 0 Å². The molecule has 0 radical (unpaired) electrons. The zero-order valence-electron chi connectivity index (χ0n) is 7.39. The summed E-state index contributed by atoms with van der Waals surface area (Å²) in [6.07, 6.45) is 0.882. The monoisotopic (exact) mass is 157 g/mol. The highest BCUT2D eigenvalue weighted by molar-refractivity contribution is 5.91. The van der Waals surface area contributed by atoms with E-state index in [1.54, 1.807) is 6.92 Å². The Balaban J connectivity index is 4.02. The minimum atomic E-state index is -0.144. The molecule has 3 heteroatoms. The van der Waals surface area contributed by atoms with Crippen molar-refractivity contribution in [1.29, 1.82) is 0 Å². The van der Waals surface area contributed by atoms with E-state index < -0.39 is 0 Å². The summed E-state index contributed by atoms with van der Waals surface area (Å²) in [5.74, 6) is -0.144. The van der Waals surface area contributed by atoms with Crippen LogP contribution in [0.3, 0.4) is 0 Å². The maximum absolute atomic E-state index is 11.2. The molecule has 64 valence electrons. The third-order valence-corrected chi connectivity index (χ3v) is 1.24. The second-order valence-corrected chi connectivity index (χ2v) is 2.37. The summed E-state index contributed by atoms with van der Waals surface area (Å²) in [5.41, 5.74) is 0.500. The number of hydroxylamine groups is 2. The van der Waals surface area contributed by atoms with Crippen LogP contribution in [0.15, 0.2) is 12.2 Å². The summed E-state index contributed by atoms with van der Waals surface area (Å²) in [5, 5.41) is 1.31. The van der Waals surface area contributed by atoms with Gasteiger partial charge in [0.25, 0.3) is 5.91 Å². The molecular formula is C8H15NO2. The van der Waals surface area contributed by atoms with Gasteiger partial charge in [0.2, 0.25) is 0 Å². The molecule has 0 aliphatic heterocycles. The number of hydrogen-bond donors (Lipinski definition) is 0. The zero-order valence-corrected chi connectivity index (χ0v) is 7.39. The summed E-state index contributed by atoms with van der Waals surface area (Å²) in [7, 11) is 1.48. The van der Waals surface area contributed by atoms with Crippen LogP contribution in [-0.4, -0.2) is 24.6 Å². The van der Waals surface area contributed by atoms with Gasteiger partial charge in [-0.1, -0.05) is 13.5 Å². The maximum atomic E-state index is 11.2. The quantitative estimate of drug-likeness (QED) is 0.455. The first kappa shape index (κ1) is 10.2. The standard InChI is InChI=1S/C8H15NO2/c1-5-6-9(11-4)8(10)7(2)3/h2,5-6H2,1,3-4H3. The lowest BCUT2D eigenvalue weighted by molar-refractivity contribution is -0.171. The molecule has 0 saturated heterocycles. The van der Waals surface area contributed by atoms with Gasteiger partial charge in [-0.05, 0) is 13.3 Å². The van der Waals surface area contributed by atoms with E-state index in [1.807, 2.05) is 6.92 Å². The van der Waals surface area contributed by atoms with Crippen LogP contribution in [0.2, 0.25) is 0 Å². The SMILES string of the molecule is C=C(C)C(=O)N(CCC)OC. The molecule has 0 aliphatic carbocycles. The van der Waals surface area contributed by atoms with Crippen molar-refractivity contribution in [3.05, 3.63) is 12.2 Å². The van der Waals surface area contributed by atoms with Gasteiger partial charge in [0.15, 0.2) is 0 Å². The van der Waals surface area contributed by atoms with E-state index in [0.29, 0.717) is 12.1 Å². The first-order valence-electron chi connectivity index (χ1n) is 3.65. The van der Waals surface area contributed by atoms with Crippen molar-refractivity contribution < 1.29 is 9.63 Å². The van der Waals surface area contributed by atoms with Crippen molar-refractivity contribution in [1.82, 2.24) is 5.06 Å². The summed E-state index contributed by atoms with van der Waals surface area (Å²) in [6.45, 7) is 7.80. The predicted molar refractivity (Wildman–Crippen MR) is 43.8 cm³/mol. The summed E-state index contributed by atoms with van der Waals surface area (Å²) in [4.78, 5) is 16.0. The number of nitrogens with zero attached hydrogens (tertiary/aromatic N) is 1. The molecule has 3 nitrogen and oxygen atoms in total. The topological polar surface area (TPSA) is 29.5 Å². The summed E-state index contributed by atoms with van der Waals surface area (Å²) in [6, 6.07) is 0. The largest absolute Gasteiger partial charge is 0.274 e. The van der Waals surface area contributed by atoms with Crippen molar-refractivity contribution in [2.24, 2.45) is 0 Å². The number of carbonyl (C=O) groups is 1. The Labute approximate surface area is 67.6 Å². The number of amides is 1. The average molecular weight is 157 g/mol. The van der Waals surface area contributed by atoms with Crippen LogP contribution >= 0.6 is 0 Å². The third kappa shape index (κ3) is 3.18. The molecule has 0 rings (SSSR count).